The summed E-state index contributed by atoms with van der Waals surface area (Å²) in [7, 11) is 0. The first kappa shape index (κ1) is 13.3. The molecule has 1 atom stereocenters. The Morgan fingerprint density at radius 1 is 1.47 bits per heavy atom. The van der Waals surface area contributed by atoms with Gasteiger partial charge in [0.05, 0.1) is 12.2 Å². The molecule has 0 aromatic carbocycles. The van der Waals surface area contributed by atoms with E-state index in [0.717, 1.165) is 0 Å². The molecular weight excluding hydrogens is 241 g/mol. The van der Waals surface area contributed by atoms with E-state index in [1.165, 1.54) is 13.8 Å². The van der Waals surface area contributed by atoms with E-state index in [4.69, 9.17) is 0 Å². The second kappa shape index (κ2) is 4.64. The number of urea groups is 1. The summed E-state index contributed by atoms with van der Waals surface area (Å²) in [6.07, 6.45) is -4.75. The molecule has 0 aromatic heterocycles. The van der Waals surface area contributed by atoms with Gasteiger partial charge in [0.15, 0.2) is 6.04 Å². The second-order valence-electron chi connectivity index (χ2n) is 3.33. The molecule has 1 heterocycles. The Labute approximate surface area is 95.0 Å². The molecular formula is C9H11F3N2O3. The number of allylic oxidation sites excluding steroid dienone is 1. The number of carbonyl (C=O) groups excluding carboxylic acids is 2. The fourth-order valence-electron chi connectivity index (χ4n) is 1.42. The zero-order valence-electron chi connectivity index (χ0n) is 9.14. The third-order valence-electron chi connectivity index (χ3n) is 2.09. The van der Waals surface area contributed by atoms with Crippen LogP contribution in [0.25, 0.3) is 0 Å². The minimum Gasteiger partial charge on any atom is -0.463 e. The first-order valence-corrected chi connectivity index (χ1v) is 4.79. The van der Waals surface area contributed by atoms with Crippen LogP contribution in [0, 0.1) is 0 Å². The van der Waals surface area contributed by atoms with Gasteiger partial charge in [-0.2, -0.15) is 13.2 Å². The van der Waals surface area contributed by atoms with Gasteiger partial charge in [0.1, 0.15) is 0 Å². The fourth-order valence-corrected chi connectivity index (χ4v) is 1.42. The molecule has 8 heteroatoms. The maximum atomic E-state index is 12.7. The van der Waals surface area contributed by atoms with Gasteiger partial charge < -0.3 is 15.4 Å². The van der Waals surface area contributed by atoms with Crippen LogP contribution in [0.15, 0.2) is 11.3 Å². The molecule has 0 bridgehead atoms. The maximum Gasteiger partial charge on any atom is 0.413 e. The number of halogens is 3. The van der Waals surface area contributed by atoms with E-state index < -0.39 is 29.8 Å². The van der Waals surface area contributed by atoms with Gasteiger partial charge in [-0.15, -0.1) is 0 Å². The van der Waals surface area contributed by atoms with Crippen LogP contribution in [-0.2, 0) is 9.53 Å². The Balaban J connectivity index is 3.13. The Bertz CT molecular complexity index is 376. The Morgan fingerprint density at radius 3 is 2.53 bits per heavy atom. The molecule has 1 rings (SSSR count). The number of rotatable bonds is 2. The number of ether oxygens (including phenoxy) is 1. The summed E-state index contributed by atoms with van der Waals surface area (Å²) < 4.78 is 42.5. The van der Waals surface area contributed by atoms with E-state index in [0.29, 0.717) is 0 Å². The third kappa shape index (κ3) is 2.89. The smallest absolute Gasteiger partial charge is 0.413 e. The van der Waals surface area contributed by atoms with Crippen LogP contribution >= 0.6 is 0 Å². The van der Waals surface area contributed by atoms with Crippen LogP contribution in [0.2, 0.25) is 0 Å². The van der Waals surface area contributed by atoms with E-state index in [9.17, 15) is 22.8 Å². The highest BCUT2D eigenvalue weighted by molar-refractivity contribution is 5.94. The van der Waals surface area contributed by atoms with Crippen molar-refractivity contribution < 1.29 is 27.5 Å². The molecule has 17 heavy (non-hydrogen) atoms. The number of carbonyl (C=O) groups is 2. The van der Waals surface area contributed by atoms with E-state index in [2.05, 4.69) is 10.1 Å². The molecule has 5 nitrogen and oxygen atoms in total. The van der Waals surface area contributed by atoms with Crippen molar-refractivity contribution in [2.75, 3.05) is 6.61 Å². The number of amides is 2. The van der Waals surface area contributed by atoms with Crippen LogP contribution in [0.3, 0.4) is 0 Å². The predicted octanol–water partition coefficient (Wildman–Crippen LogP) is 1.07. The molecule has 0 spiro atoms. The van der Waals surface area contributed by atoms with Crippen molar-refractivity contribution in [3.05, 3.63) is 11.3 Å². The normalized spacial score (nSPS) is 20.8. The van der Waals surface area contributed by atoms with Gasteiger partial charge >= 0.3 is 18.2 Å². The predicted molar refractivity (Wildman–Crippen MR) is 50.8 cm³/mol. The first-order chi connectivity index (χ1) is 7.77. The number of hydrogen-bond donors (Lipinski definition) is 2. The van der Waals surface area contributed by atoms with Crippen LogP contribution in [0.5, 0.6) is 0 Å². The van der Waals surface area contributed by atoms with Gasteiger partial charge in [-0.1, -0.05) is 0 Å². The highest BCUT2D eigenvalue weighted by atomic mass is 19.4. The van der Waals surface area contributed by atoms with Crippen molar-refractivity contribution in [3.63, 3.8) is 0 Å². The molecule has 1 aliphatic rings. The minimum atomic E-state index is -4.75. The van der Waals surface area contributed by atoms with Gasteiger partial charge in [0.25, 0.3) is 0 Å². The van der Waals surface area contributed by atoms with E-state index in [1.54, 1.807) is 5.32 Å². The van der Waals surface area contributed by atoms with Crippen LogP contribution < -0.4 is 10.6 Å². The molecule has 0 aliphatic carbocycles. The van der Waals surface area contributed by atoms with Crippen molar-refractivity contribution in [3.8, 4) is 0 Å². The number of nitrogens with one attached hydrogen (secondary N) is 2. The van der Waals surface area contributed by atoms with E-state index >= 15 is 0 Å². The molecule has 0 radical (unpaired) electrons. The average molecular weight is 252 g/mol. The lowest BCUT2D eigenvalue weighted by Gasteiger charge is -2.29. The zero-order chi connectivity index (χ0) is 13.2. The maximum absolute atomic E-state index is 12.7. The average Bonchev–Trinajstić information content (AvgIpc) is 2.15. The van der Waals surface area contributed by atoms with Gasteiger partial charge in [0, 0.05) is 5.70 Å². The SMILES string of the molecule is CCOC(=O)C1=C(C)NC(=O)NC1C(F)(F)F. The van der Waals surface area contributed by atoms with Gasteiger partial charge in [-0.3, -0.25) is 0 Å². The summed E-state index contributed by atoms with van der Waals surface area (Å²) in [4.78, 5) is 22.3. The summed E-state index contributed by atoms with van der Waals surface area (Å²) >= 11 is 0. The number of esters is 1. The monoisotopic (exact) mass is 252 g/mol. The summed E-state index contributed by atoms with van der Waals surface area (Å²) in [5.41, 5.74) is -0.784. The first-order valence-electron chi connectivity index (χ1n) is 4.79. The van der Waals surface area contributed by atoms with E-state index in [-0.39, 0.29) is 12.3 Å². The lowest BCUT2D eigenvalue weighted by Crippen LogP contribution is -2.56. The van der Waals surface area contributed by atoms with Crippen molar-refractivity contribution in [1.82, 2.24) is 10.6 Å². The lowest BCUT2D eigenvalue weighted by atomic mass is 10.0. The van der Waals surface area contributed by atoms with Crippen molar-refractivity contribution >= 4 is 12.0 Å². The Kier molecular flexibility index (Phi) is 3.64. The number of alkyl halides is 3. The van der Waals surface area contributed by atoms with Crippen LogP contribution in [-0.4, -0.2) is 30.8 Å². The topological polar surface area (TPSA) is 67.4 Å². The molecule has 0 saturated carbocycles. The summed E-state index contributed by atoms with van der Waals surface area (Å²) in [6, 6.07) is -3.34. The Morgan fingerprint density at radius 2 is 2.06 bits per heavy atom. The summed E-state index contributed by atoms with van der Waals surface area (Å²) in [5.74, 6) is -1.10. The summed E-state index contributed by atoms with van der Waals surface area (Å²) in [6.45, 7) is 2.64. The molecule has 96 valence electrons. The quantitative estimate of drug-likeness (QED) is 0.722. The fraction of sp³-hybridized carbons (Fsp3) is 0.556. The van der Waals surface area contributed by atoms with Crippen molar-refractivity contribution in [1.29, 1.82) is 0 Å². The third-order valence-corrected chi connectivity index (χ3v) is 2.09. The van der Waals surface area contributed by atoms with Gasteiger partial charge in [-0.05, 0) is 13.8 Å². The molecule has 1 unspecified atom stereocenters. The van der Waals surface area contributed by atoms with Gasteiger partial charge in [0.2, 0.25) is 0 Å². The largest absolute Gasteiger partial charge is 0.463 e. The summed E-state index contributed by atoms with van der Waals surface area (Å²) in [5, 5.41) is 3.74. The highest BCUT2D eigenvalue weighted by Gasteiger charge is 2.48. The molecule has 2 N–H and O–H groups in total. The molecule has 0 saturated heterocycles. The van der Waals surface area contributed by atoms with Crippen molar-refractivity contribution in [2.24, 2.45) is 0 Å². The van der Waals surface area contributed by atoms with E-state index in [1.807, 2.05) is 0 Å². The highest BCUT2D eigenvalue weighted by Crippen LogP contribution is 2.29. The second-order valence-corrected chi connectivity index (χ2v) is 3.33. The molecule has 0 aromatic rings. The standard InChI is InChI=1S/C9H11F3N2O3/c1-3-17-7(15)5-4(2)13-8(16)14-6(5)9(10,11)12/h6H,3H2,1-2H3,(H2,13,14,16). The van der Waals surface area contributed by atoms with Crippen molar-refractivity contribution in [2.45, 2.75) is 26.1 Å². The zero-order valence-corrected chi connectivity index (χ0v) is 9.14. The van der Waals surface area contributed by atoms with Crippen LogP contribution in [0.4, 0.5) is 18.0 Å². The number of hydrogen-bond acceptors (Lipinski definition) is 3. The Hall–Kier alpha value is -1.73. The minimum absolute atomic E-state index is 0.0475. The molecule has 2 amide bonds. The lowest BCUT2D eigenvalue weighted by molar-refractivity contribution is -0.156. The van der Waals surface area contributed by atoms with Crippen LogP contribution in [0.1, 0.15) is 13.8 Å². The molecule has 0 fully saturated rings. The molecule has 1 aliphatic heterocycles. The van der Waals surface area contributed by atoms with Gasteiger partial charge in [-0.25, -0.2) is 9.59 Å².